The number of pyridine rings is 1. The lowest BCUT2D eigenvalue weighted by atomic mass is 10.0. The highest BCUT2D eigenvalue weighted by molar-refractivity contribution is 5.52. The van der Waals surface area contributed by atoms with Gasteiger partial charge in [0.25, 0.3) is 0 Å². The number of piperidine rings is 1. The summed E-state index contributed by atoms with van der Waals surface area (Å²) >= 11 is 0. The van der Waals surface area contributed by atoms with E-state index in [-0.39, 0.29) is 6.10 Å². The third-order valence-electron chi connectivity index (χ3n) is 3.69. The maximum Gasteiger partial charge on any atom is 0.237 e. The second-order valence-corrected chi connectivity index (χ2v) is 6.64. The van der Waals surface area contributed by atoms with Crippen LogP contribution in [0.5, 0.6) is 5.88 Å². The number of nitrogens with zero attached hydrogens (tertiary/aromatic N) is 2. The van der Waals surface area contributed by atoms with Crippen LogP contribution in [0.4, 0.5) is 5.69 Å². The van der Waals surface area contributed by atoms with E-state index in [0.29, 0.717) is 6.04 Å². The van der Waals surface area contributed by atoms with Gasteiger partial charge in [-0.05, 0) is 44.7 Å². The fourth-order valence-corrected chi connectivity index (χ4v) is 2.81. The van der Waals surface area contributed by atoms with Crippen molar-refractivity contribution in [2.75, 3.05) is 25.0 Å². The first-order valence-corrected chi connectivity index (χ1v) is 8.15. The molecule has 0 aromatic carbocycles. The molecular weight excluding hydrogens is 262 g/mol. The molecule has 4 nitrogen and oxygen atoms in total. The van der Waals surface area contributed by atoms with E-state index >= 15 is 0 Å². The number of hydrogen-bond donors (Lipinski definition) is 1. The van der Waals surface area contributed by atoms with Gasteiger partial charge in [-0.1, -0.05) is 13.8 Å². The van der Waals surface area contributed by atoms with Gasteiger partial charge in [0, 0.05) is 31.9 Å². The summed E-state index contributed by atoms with van der Waals surface area (Å²) in [4.78, 5) is 6.91. The van der Waals surface area contributed by atoms with E-state index in [9.17, 15) is 0 Å². The minimum absolute atomic E-state index is 0.147. The summed E-state index contributed by atoms with van der Waals surface area (Å²) in [6.45, 7) is 12.2. The lowest BCUT2D eigenvalue weighted by molar-refractivity contribution is 0.197. The molecule has 118 valence electrons. The van der Waals surface area contributed by atoms with Crippen molar-refractivity contribution in [3.05, 3.63) is 18.3 Å². The smallest absolute Gasteiger partial charge is 0.237 e. The molecule has 0 amide bonds. The van der Waals surface area contributed by atoms with Gasteiger partial charge in [-0.3, -0.25) is 0 Å². The largest absolute Gasteiger partial charge is 0.473 e. The van der Waals surface area contributed by atoms with Gasteiger partial charge in [-0.25, -0.2) is 4.98 Å². The van der Waals surface area contributed by atoms with Crippen molar-refractivity contribution >= 4 is 5.69 Å². The van der Waals surface area contributed by atoms with Gasteiger partial charge in [0.1, 0.15) is 0 Å². The van der Waals surface area contributed by atoms with Crippen LogP contribution in [0, 0.1) is 5.92 Å². The number of ether oxygens (including phenoxy) is 1. The van der Waals surface area contributed by atoms with E-state index in [1.807, 2.05) is 19.9 Å². The summed E-state index contributed by atoms with van der Waals surface area (Å²) in [6, 6.07) is 4.54. The molecule has 0 atom stereocenters. The quantitative estimate of drug-likeness (QED) is 0.871. The lowest BCUT2D eigenvalue weighted by Crippen LogP contribution is -2.40. The van der Waals surface area contributed by atoms with Crippen LogP contribution in [0.15, 0.2) is 18.3 Å². The van der Waals surface area contributed by atoms with Crippen molar-refractivity contribution in [2.45, 2.75) is 52.7 Å². The molecule has 0 saturated carbocycles. The Bertz CT molecular complexity index is 426. The Balaban J connectivity index is 1.89. The fourth-order valence-electron chi connectivity index (χ4n) is 2.81. The number of hydrogen-bond acceptors (Lipinski definition) is 4. The molecule has 1 aliphatic rings. The third-order valence-corrected chi connectivity index (χ3v) is 3.69. The normalized spacial score (nSPS) is 17.4. The summed E-state index contributed by atoms with van der Waals surface area (Å²) in [5, 5.41) is 3.61. The first-order chi connectivity index (χ1) is 10.0. The summed E-state index contributed by atoms with van der Waals surface area (Å²) < 4.78 is 5.78. The Morgan fingerprint density at radius 1 is 1.29 bits per heavy atom. The van der Waals surface area contributed by atoms with Crippen LogP contribution in [0.1, 0.15) is 40.5 Å². The highest BCUT2D eigenvalue weighted by Gasteiger charge is 2.20. The first kappa shape index (κ1) is 16.1. The summed E-state index contributed by atoms with van der Waals surface area (Å²) in [6.07, 6.45) is 4.30. The van der Waals surface area contributed by atoms with Gasteiger partial charge in [-0.2, -0.15) is 0 Å². The molecule has 0 radical (unpaired) electrons. The molecule has 0 spiro atoms. The van der Waals surface area contributed by atoms with E-state index in [1.54, 1.807) is 6.20 Å². The zero-order valence-electron chi connectivity index (χ0n) is 13.8. The van der Waals surface area contributed by atoms with E-state index in [0.717, 1.165) is 17.5 Å². The zero-order valence-corrected chi connectivity index (χ0v) is 13.8. The Morgan fingerprint density at radius 3 is 2.62 bits per heavy atom. The van der Waals surface area contributed by atoms with Gasteiger partial charge >= 0.3 is 0 Å². The standard InChI is InChI=1S/C17H29N3O/c1-13(2)12-20-10-7-15(8-11-20)19-16-6-5-9-18-17(16)21-14(3)4/h5-6,9,13-15,19H,7-8,10-12H2,1-4H3. The monoisotopic (exact) mass is 291 g/mol. The first-order valence-electron chi connectivity index (χ1n) is 8.15. The van der Waals surface area contributed by atoms with Crippen molar-refractivity contribution in [1.29, 1.82) is 0 Å². The van der Waals surface area contributed by atoms with Gasteiger partial charge in [0.05, 0.1) is 11.8 Å². The van der Waals surface area contributed by atoms with Crippen molar-refractivity contribution in [2.24, 2.45) is 5.92 Å². The Hall–Kier alpha value is -1.29. The molecule has 0 bridgehead atoms. The molecule has 4 heteroatoms. The lowest BCUT2D eigenvalue weighted by Gasteiger charge is -2.34. The van der Waals surface area contributed by atoms with Crippen LogP contribution in [-0.2, 0) is 0 Å². The van der Waals surface area contributed by atoms with Crippen LogP contribution < -0.4 is 10.1 Å². The minimum Gasteiger partial charge on any atom is -0.473 e. The zero-order chi connectivity index (χ0) is 15.2. The number of rotatable bonds is 6. The van der Waals surface area contributed by atoms with E-state index in [1.165, 1.54) is 32.5 Å². The fraction of sp³-hybridized carbons (Fsp3) is 0.706. The molecule has 1 aromatic rings. The average molecular weight is 291 g/mol. The van der Waals surface area contributed by atoms with E-state index in [2.05, 4.69) is 35.1 Å². The number of likely N-dealkylation sites (tertiary alicyclic amines) is 1. The van der Waals surface area contributed by atoms with E-state index in [4.69, 9.17) is 4.74 Å². The molecule has 1 fully saturated rings. The van der Waals surface area contributed by atoms with Crippen molar-refractivity contribution in [3.8, 4) is 5.88 Å². The third kappa shape index (κ3) is 5.20. The van der Waals surface area contributed by atoms with Gasteiger partial charge in [0.2, 0.25) is 5.88 Å². The Morgan fingerprint density at radius 2 is 2.00 bits per heavy atom. The highest BCUT2D eigenvalue weighted by Crippen LogP contribution is 2.25. The minimum atomic E-state index is 0.147. The topological polar surface area (TPSA) is 37.4 Å². The molecule has 2 heterocycles. The highest BCUT2D eigenvalue weighted by atomic mass is 16.5. The van der Waals surface area contributed by atoms with Gasteiger partial charge in [0.15, 0.2) is 0 Å². The predicted molar refractivity (Wildman–Crippen MR) is 87.9 cm³/mol. The predicted octanol–water partition coefficient (Wildman–Crippen LogP) is 3.40. The SMILES string of the molecule is CC(C)CN1CCC(Nc2cccnc2OC(C)C)CC1. The van der Waals surface area contributed by atoms with Gasteiger partial charge in [-0.15, -0.1) is 0 Å². The molecule has 1 saturated heterocycles. The Kier molecular flexibility index (Phi) is 5.85. The molecule has 2 rings (SSSR count). The molecule has 0 aliphatic carbocycles. The van der Waals surface area contributed by atoms with Crippen molar-refractivity contribution < 1.29 is 4.74 Å². The van der Waals surface area contributed by atoms with Crippen LogP contribution in [-0.4, -0.2) is 41.7 Å². The van der Waals surface area contributed by atoms with Crippen LogP contribution in [0.3, 0.4) is 0 Å². The molecule has 0 unspecified atom stereocenters. The summed E-state index contributed by atoms with van der Waals surface area (Å²) in [5.41, 5.74) is 1.02. The number of anilines is 1. The van der Waals surface area contributed by atoms with Crippen LogP contribution in [0.2, 0.25) is 0 Å². The molecule has 1 N–H and O–H groups in total. The summed E-state index contributed by atoms with van der Waals surface area (Å²) in [5.74, 6) is 1.47. The van der Waals surface area contributed by atoms with Crippen LogP contribution >= 0.6 is 0 Å². The average Bonchev–Trinajstić information content (AvgIpc) is 2.42. The number of nitrogens with one attached hydrogen (secondary N) is 1. The van der Waals surface area contributed by atoms with Crippen molar-refractivity contribution in [1.82, 2.24) is 9.88 Å². The number of aromatic nitrogens is 1. The summed E-state index contributed by atoms with van der Waals surface area (Å²) in [7, 11) is 0. The maximum atomic E-state index is 5.78. The molecular formula is C17H29N3O. The Labute approximate surface area is 128 Å². The van der Waals surface area contributed by atoms with Crippen LogP contribution in [0.25, 0.3) is 0 Å². The second kappa shape index (κ2) is 7.64. The molecule has 1 aliphatic heterocycles. The second-order valence-electron chi connectivity index (χ2n) is 6.64. The van der Waals surface area contributed by atoms with Crippen molar-refractivity contribution in [3.63, 3.8) is 0 Å². The molecule has 21 heavy (non-hydrogen) atoms. The van der Waals surface area contributed by atoms with Gasteiger partial charge < -0.3 is 15.0 Å². The van der Waals surface area contributed by atoms with E-state index < -0.39 is 0 Å². The molecule has 1 aromatic heterocycles. The maximum absolute atomic E-state index is 5.78.